The molecule has 0 aliphatic heterocycles. The van der Waals surface area contributed by atoms with E-state index in [1.165, 1.54) is 0 Å². The third-order valence-electron chi connectivity index (χ3n) is 3.29. The van der Waals surface area contributed by atoms with Crippen molar-refractivity contribution in [3.05, 3.63) is 67.5 Å². The molecule has 0 amide bonds. The minimum absolute atomic E-state index is 0.199. The Bertz CT molecular complexity index is 599. The van der Waals surface area contributed by atoms with E-state index in [0.29, 0.717) is 11.1 Å². The molecule has 0 bridgehead atoms. The van der Waals surface area contributed by atoms with Crippen LogP contribution in [-0.4, -0.2) is 5.11 Å². The lowest BCUT2D eigenvalue weighted by Gasteiger charge is -2.16. The van der Waals surface area contributed by atoms with Gasteiger partial charge in [-0.2, -0.15) is 0 Å². The van der Waals surface area contributed by atoms with Crippen LogP contribution in [0.1, 0.15) is 33.9 Å². The molecule has 1 nitrogen and oxygen atoms in total. The summed E-state index contributed by atoms with van der Waals surface area (Å²) in [6.45, 7) is 5.46. The smallest absolute Gasteiger partial charge is 0.129 e. The Hall–Kier alpha value is -0.940. The third-order valence-corrected chi connectivity index (χ3v) is 4.76. The third kappa shape index (κ3) is 2.82. The predicted octanol–water partition coefficient (Wildman–Crippen LogP) is 4.44. The molecular formula is C16H16FIO. The molecule has 0 aliphatic carbocycles. The van der Waals surface area contributed by atoms with Crippen molar-refractivity contribution in [2.45, 2.75) is 26.9 Å². The minimum Gasteiger partial charge on any atom is -0.384 e. The van der Waals surface area contributed by atoms with E-state index >= 15 is 0 Å². The van der Waals surface area contributed by atoms with Crippen molar-refractivity contribution >= 4 is 22.6 Å². The summed E-state index contributed by atoms with van der Waals surface area (Å²) in [6, 6.07) is 9.28. The number of aliphatic hydroxyl groups excluding tert-OH is 1. The fraction of sp³-hybridized carbons (Fsp3) is 0.250. The lowest BCUT2D eigenvalue weighted by molar-refractivity contribution is 0.219. The Morgan fingerprint density at radius 3 is 2.21 bits per heavy atom. The molecule has 0 aliphatic rings. The molecule has 0 aromatic heterocycles. The Morgan fingerprint density at radius 1 is 1.05 bits per heavy atom. The Morgan fingerprint density at radius 2 is 1.63 bits per heavy atom. The van der Waals surface area contributed by atoms with Gasteiger partial charge in [0.2, 0.25) is 0 Å². The first-order valence-corrected chi connectivity index (χ1v) is 7.19. The van der Waals surface area contributed by atoms with Crippen molar-refractivity contribution in [2.75, 3.05) is 0 Å². The summed E-state index contributed by atoms with van der Waals surface area (Å²) in [4.78, 5) is 0. The molecule has 0 spiro atoms. The molecule has 0 saturated heterocycles. The molecule has 1 unspecified atom stereocenters. The van der Waals surface area contributed by atoms with Crippen LogP contribution in [0.4, 0.5) is 4.39 Å². The summed E-state index contributed by atoms with van der Waals surface area (Å²) in [5, 5.41) is 10.5. The van der Waals surface area contributed by atoms with Gasteiger partial charge in [0.15, 0.2) is 0 Å². The van der Waals surface area contributed by atoms with E-state index in [1.54, 1.807) is 26.0 Å². The van der Waals surface area contributed by atoms with Crippen molar-refractivity contribution in [1.82, 2.24) is 0 Å². The molecule has 2 aromatic carbocycles. The Balaban J connectivity index is 2.50. The molecule has 2 rings (SSSR count). The van der Waals surface area contributed by atoms with Crippen LogP contribution in [0.2, 0.25) is 0 Å². The highest BCUT2D eigenvalue weighted by Crippen LogP contribution is 2.29. The number of benzene rings is 2. The molecule has 0 saturated carbocycles. The topological polar surface area (TPSA) is 20.2 Å². The standard InChI is InChI=1S/C16H16FIO/c1-9-5-4-6-13(15(9)18)16(19)12-7-10(2)14(17)11(3)8-12/h4-8,16,19H,1-3H3. The SMILES string of the molecule is Cc1cc(C(O)c2cccc(C)c2I)cc(C)c1F. The van der Waals surface area contributed by atoms with E-state index < -0.39 is 6.10 Å². The van der Waals surface area contributed by atoms with Gasteiger partial charge in [0, 0.05) is 3.57 Å². The summed E-state index contributed by atoms with van der Waals surface area (Å²) < 4.78 is 14.7. The second kappa shape index (κ2) is 5.59. The van der Waals surface area contributed by atoms with Gasteiger partial charge in [-0.25, -0.2) is 4.39 Å². The van der Waals surface area contributed by atoms with Crippen LogP contribution in [0.5, 0.6) is 0 Å². The lowest BCUT2D eigenvalue weighted by atomic mass is 9.96. The van der Waals surface area contributed by atoms with Gasteiger partial charge < -0.3 is 5.11 Å². The van der Waals surface area contributed by atoms with Crippen molar-refractivity contribution in [3.63, 3.8) is 0 Å². The molecule has 19 heavy (non-hydrogen) atoms. The highest BCUT2D eigenvalue weighted by Gasteiger charge is 2.16. The molecule has 3 heteroatoms. The maximum atomic E-state index is 13.6. The van der Waals surface area contributed by atoms with Crippen molar-refractivity contribution in [3.8, 4) is 0 Å². The highest BCUT2D eigenvalue weighted by atomic mass is 127. The maximum absolute atomic E-state index is 13.6. The lowest BCUT2D eigenvalue weighted by Crippen LogP contribution is -2.05. The van der Waals surface area contributed by atoms with Gasteiger partial charge in [0.05, 0.1) is 0 Å². The molecule has 100 valence electrons. The number of halogens is 2. The molecule has 1 N–H and O–H groups in total. The molecule has 0 radical (unpaired) electrons. The van der Waals surface area contributed by atoms with Crippen LogP contribution in [0.25, 0.3) is 0 Å². The van der Waals surface area contributed by atoms with Gasteiger partial charge in [0.1, 0.15) is 11.9 Å². The molecular weight excluding hydrogens is 354 g/mol. The first-order valence-electron chi connectivity index (χ1n) is 6.11. The largest absolute Gasteiger partial charge is 0.384 e. The second-order valence-corrected chi connectivity index (χ2v) is 5.93. The monoisotopic (exact) mass is 370 g/mol. The average molecular weight is 370 g/mol. The zero-order valence-corrected chi connectivity index (χ0v) is 13.3. The van der Waals surface area contributed by atoms with E-state index in [-0.39, 0.29) is 5.82 Å². The summed E-state index contributed by atoms with van der Waals surface area (Å²) in [5.41, 5.74) is 3.87. The number of hydrogen-bond acceptors (Lipinski definition) is 1. The van der Waals surface area contributed by atoms with E-state index in [4.69, 9.17) is 0 Å². The fourth-order valence-corrected chi connectivity index (χ4v) is 2.85. The van der Waals surface area contributed by atoms with Crippen molar-refractivity contribution < 1.29 is 9.50 Å². The Labute approximate surface area is 126 Å². The second-order valence-electron chi connectivity index (χ2n) is 4.85. The van der Waals surface area contributed by atoms with Gasteiger partial charge >= 0.3 is 0 Å². The predicted molar refractivity (Wildman–Crippen MR) is 83.8 cm³/mol. The zero-order valence-electron chi connectivity index (χ0n) is 11.2. The summed E-state index contributed by atoms with van der Waals surface area (Å²) in [7, 11) is 0. The normalized spacial score (nSPS) is 12.5. The van der Waals surface area contributed by atoms with Crippen molar-refractivity contribution in [2.24, 2.45) is 0 Å². The van der Waals surface area contributed by atoms with Gasteiger partial charge in [-0.1, -0.05) is 30.3 Å². The molecule has 0 fully saturated rings. The summed E-state index contributed by atoms with van der Waals surface area (Å²) >= 11 is 2.24. The van der Waals surface area contributed by atoms with Gasteiger partial charge in [0.25, 0.3) is 0 Å². The molecule has 0 heterocycles. The molecule has 2 aromatic rings. The Kier molecular flexibility index (Phi) is 4.26. The average Bonchev–Trinajstić information content (AvgIpc) is 2.38. The number of hydrogen-bond donors (Lipinski definition) is 1. The van der Waals surface area contributed by atoms with Crippen LogP contribution in [0.3, 0.4) is 0 Å². The van der Waals surface area contributed by atoms with E-state index in [1.807, 2.05) is 25.1 Å². The van der Waals surface area contributed by atoms with E-state index in [9.17, 15) is 9.50 Å². The minimum atomic E-state index is -0.718. The maximum Gasteiger partial charge on any atom is 0.129 e. The zero-order chi connectivity index (χ0) is 14.2. The number of aryl methyl sites for hydroxylation is 3. The summed E-state index contributed by atoms with van der Waals surface area (Å²) in [6.07, 6.45) is -0.718. The number of aliphatic hydroxyl groups is 1. The molecule has 1 atom stereocenters. The first-order chi connectivity index (χ1) is 8.91. The van der Waals surface area contributed by atoms with Gasteiger partial charge in [-0.15, -0.1) is 0 Å². The van der Waals surface area contributed by atoms with Gasteiger partial charge in [-0.05, 0) is 71.2 Å². The van der Waals surface area contributed by atoms with Crippen molar-refractivity contribution in [1.29, 1.82) is 0 Å². The number of rotatable bonds is 2. The van der Waals surface area contributed by atoms with Crippen LogP contribution < -0.4 is 0 Å². The van der Waals surface area contributed by atoms with Gasteiger partial charge in [-0.3, -0.25) is 0 Å². The quantitative estimate of drug-likeness (QED) is 0.776. The van der Waals surface area contributed by atoms with Crippen LogP contribution >= 0.6 is 22.6 Å². The van der Waals surface area contributed by atoms with Crippen LogP contribution in [0, 0.1) is 30.2 Å². The first kappa shape index (κ1) is 14.5. The van der Waals surface area contributed by atoms with E-state index in [2.05, 4.69) is 22.6 Å². The fourth-order valence-electron chi connectivity index (χ4n) is 2.20. The van der Waals surface area contributed by atoms with Crippen LogP contribution in [-0.2, 0) is 0 Å². The summed E-state index contributed by atoms with van der Waals surface area (Å²) in [5.74, 6) is -0.199. The van der Waals surface area contributed by atoms with Crippen LogP contribution in [0.15, 0.2) is 30.3 Å². The highest BCUT2D eigenvalue weighted by molar-refractivity contribution is 14.1. The van der Waals surface area contributed by atoms with E-state index in [0.717, 1.165) is 20.3 Å².